The molecule has 4 heteroatoms. The molecule has 0 radical (unpaired) electrons. The first kappa shape index (κ1) is 10.6. The summed E-state index contributed by atoms with van der Waals surface area (Å²) in [6.07, 6.45) is 4.97. The van der Waals surface area contributed by atoms with E-state index in [1.807, 2.05) is 0 Å². The molecule has 0 aliphatic carbocycles. The van der Waals surface area contributed by atoms with Crippen LogP contribution in [0.1, 0.15) is 43.8 Å². The van der Waals surface area contributed by atoms with Gasteiger partial charge >= 0.3 is 0 Å². The second-order valence-electron chi connectivity index (χ2n) is 5.12. The summed E-state index contributed by atoms with van der Waals surface area (Å²) in [6, 6.07) is 0. The minimum atomic E-state index is 0.674. The minimum Gasteiger partial charge on any atom is -0.314 e. The van der Waals surface area contributed by atoms with Gasteiger partial charge in [0.1, 0.15) is 11.6 Å². The van der Waals surface area contributed by atoms with Crippen LogP contribution in [0.2, 0.25) is 0 Å². The van der Waals surface area contributed by atoms with E-state index < -0.39 is 0 Å². The average molecular weight is 237 g/mol. The first-order valence-electron chi connectivity index (χ1n) is 6.34. The molecule has 2 aliphatic heterocycles. The molecule has 0 amide bonds. The van der Waals surface area contributed by atoms with Crippen molar-refractivity contribution in [2.75, 3.05) is 11.5 Å². The van der Waals surface area contributed by atoms with Crippen molar-refractivity contribution in [2.45, 2.75) is 45.1 Å². The van der Waals surface area contributed by atoms with Gasteiger partial charge in [-0.1, -0.05) is 6.92 Å². The third-order valence-corrected chi connectivity index (χ3v) is 4.85. The van der Waals surface area contributed by atoms with Gasteiger partial charge in [0.15, 0.2) is 0 Å². The zero-order valence-corrected chi connectivity index (χ0v) is 10.7. The number of hydrogen-bond acceptors (Lipinski definition) is 3. The Hall–Kier alpha value is -0.510. The van der Waals surface area contributed by atoms with Gasteiger partial charge in [-0.15, -0.1) is 10.2 Å². The highest BCUT2D eigenvalue weighted by molar-refractivity contribution is 7.99. The van der Waals surface area contributed by atoms with Crippen LogP contribution in [-0.2, 0) is 13.0 Å². The van der Waals surface area contributed by atoms with Crippen LogP contribution in [0.3, 0.4) is 0 Å². The lowest BCUT2D eigenvalue weighted by Crippen LogP contribution is -2.22. The van der Waals surface area contributed by atoms with E-state index in [1.165, 1.54) is 42.4 Å². The van der Waals surface area contributed by atoms with Crippen LogP contribution in [0.5, 0.6) is 0 Å². The molecule has 1 unspecified atom stereocenters. The van der Waals surface area contributed by atoms with Gasteiger partial charge in [-0.3, -0.25) is 0 Å². The summed E-state index contributed by atoms with van der Waals surface area (Å²) in [6.45, 7) is 3.48. The molecule has 0 saturated carbocycles. The molecule has 16 heavy (non-hydrogen) atoms. The van der Waals surface area contributed by atoms with Gasteiger partial charge < -0.3 is 4.57 Å². The van der Waals surface area contributed by atoms with E-state index in [4.69, 9.17) is 0 Å². The lowest BCUT2D eigenvalue weighted by molar-refractivity contribution is 0.377. The van der Waals surface area contributed by atoms with Gasteiger partial charge in [-0.2, -0.15) is 11.8 Å². The first-order chi connectivity index (χ1) is 7.84. The number of nitrogens with zero attached hydrogens (tertiary/aromatic N) is 3. The Balaban J connectivity index is 1.86. The highest BCUT2D eigenvalue weighted by Crippen LogP contribution is 2.32. The number of aryl methyl sites for hydroxylation is 1. The molecular weight excluding hydrogens is 218 g/mol. The number of hydrogen-bond donors (Lipinski definition) is 0. The van der Waals surface area contributed by atoms with Crippen LogP contribution in [-0.4, -0.2) is 26.3 Å². The molecule has 2 aliphatic rings. The molecule has 1 aromatic rings. The fraction of sp³-hybridized carbons (Fsp3) is 0.833. The quantitative estimate of drug-likeness (QED) is 0.752. The van der Waals surface area contributed by atoms with Gasteiger partial charge in [-0.05, 0) is 36.7 Å². The van der Waals surface area contributed by atoms with E-state index in [1.54, 1.807) is 0 Å². The van der Waals surface area contributed by atoms with E-state index in [0.29, 0.717) is 5.92 Å². The van der Waals surface area contributed by atoms with E-state index in [2.05, 4.69) is 33.5 Å². The molecular formula is C12H19N3S. The van der Waals surface area contributed by atoms with Crippen molar-refractivity contribution >= 4 is 11.8 Å². The standard InChI is InChI=1S/C12H19N3S/c1-9-2-3-11-13-14-12(15(11)8-9)10-4-6-16-7-5-10/h9-10H,2-8H2,1H3. The molecule has 0 spiro atoms. The summed E-state index contributed by atoms with van der Waals surface area (Å²) >= 11 is 2.08. The van der Waals surface area contributed by atoms with Gasteiger partial charge in [0.05, 0.1) is 0 Å². The number of thioether (sulfide) groups is 1. The fourth-order valence-corrected chi connectivity index (χ4v) is 3.88. The number of rotatable bonds is 1. The molecule has 3 rings (SSSR count). The highest BCUT2D eigenvalue weighted by atomic mass is 32.2. The lowest BCUT2D eigenvalue weighted by Gasteiger charge is -2.25. The predicted molar refractivity (Wildman–Crippen MR) is 66.8 cm³/mol. The summed E-state index contributed by atoms with van der Waals surface area (Å²) in [4.78, 5) is 0. The van der Waals surface area contributed by atoms with Crippen LogP contribution >= 0.6 is 11.8 Å². The zero-order valence-electron chi connectivity index (χ0n) is 9.85. The fourth-order valence-electron chi connectivity index (χ4n) is 2.77. The summed E-state index contributed by atoms with van der Waals surface area (Å²) in [5, 5.41) is 8.83. The average Bonchev–Trinajstić information content (AvgIpc) is 2.73. The molecule has 0 aromatic carbocycles. The van der Waals surface area contributed by atoms with Crippen molar-refractivity contribution < 1.29 is 0 Å². The molecule has 0 bridgehead atoms. The predicted octanol–water partition coefficient (Wildman–Crippen LogP) is 2.47. The van der Waals surface area contributed by atoms with Crippen LogP contribution in [0.25, 0.3) is 0 Å². The molecule has 1 saturated heterocycles. The zero-order chi connectivity index (χ0) is 11.0. The Morgan fingerprint density at radius 2 is 2.00 bits per heavy atom. The summed E-state index contributed by atoms with van der Waals surface area (Å²) < 4.78 is 2.41. The highest BCUT2D eigenvalue weighted by Gasteiger charge is 2.26. The summed E-state index contributed by atoms with van der Waals surface area (Å²) in [7, 11) is 0. The largest absolute Gasteiger partial charge is 0.314 e. The van der Waals surface area contributed by atoms with Crippen molar-refractivity contribution in [2.24, 2.45) is 5.92 Å². The van der Waals surface area contributed by atoms with Crippen LogP contribution < -0.4 is 0 Å². The van der Waals surface area contributed by atoms with E-state index in [0.717, 1.165) is 18.9 Å². The molecule has 1 aromatic heterocycles. The minimum absolute atomic E-state index is 0.674. The smallest absolute Gasteiger partial charge is 0.136 e. The lowest BCUT2D eigenvalue weighted by atomic mass is 9.98. The Bertz CT molecular complexity index is 368. The number of fused-ring (bicyclic) bond motifs is 1. The molecule has 88 valence electrons. The van der Waals surface area contributed by atoms with Crippen molar-refractivity contribution in [3.8, 4) is 0 Å². The SMILES string of the molecule is CC1CCc2nnc(C3CCSCC3)n2C1. The van der Waals surface area contributed by atoms with Crippen molar-refractivity contribution in [1.29, 1.82) is 0 Å². The maximum Gasteiger partial charge on any atom is 0.136 e. The van der Waals surface area contributed by atoms with E-state index in [9.17, 15) is 0 Å². The molecule has 1 atom stereocenters. The van der Waals surface area contributed by atoms with Gasteiger partial charge in [0.2, 0.25) is 0 Å². The molecule has 1 fully saturated rings. The first-order valence-corrected chi connectivity index (χ1v) is 7.50. The van der Waals surface area contributed by atoms with Crippen LogP contribution in [0.4, 0.5) is 0 Å². The third-order valence-electron chi connectivity index (χ3n) is 3.80. The Morgan fingerprint density at radius 1 is 1.19 bits per heavy atom. The maximum absolute atomic E-state index is 4.46. The van der Waals surface area contributed by atoms with E-state index >= 15 is 0 Å². The second-order valence-corrected chi connectivity index (χ2v) is 6.34. The molecule has 0 N–H and O–H groups in total. The molecule has 3 heterocycles. The third kappa shape index (κ3) is 1.88. The van der Waals surface area contributed by atoms with Crippen LogP contribution in [0, 0.1) is 5.92 Å². The summed E-state index contributed by atoms with van der Waals surface area (Å²) in [5.74, 6) is 6.56. The topological polar surface area (TPSA) is 30.7 Å². The van der Waals surface area contributed by atoms with Gasteiger partial charge in [0, 0.05) is 18.9 Å². The number of aromatic nitrogens is 3. The van der Waals surface area contributed by atoms with Crippen molar-refractivity contribution in [3.05, 3.63) is 11.6 Å². The maximum atomic E-state index is 4.46. The van der Waals surface area contributed by atoms with Crippen molar-refractivity contribution in [3.63, 3.8) is 0 Å². The van der Waals surface area contributed by atoms with Crippen molar-refractivity contribution in [1.82, 2.24) is 14.8 Å². The Kier molecular flexibility index (Phi) is 2.92. The Morgan fingerprint density at radius 3 is 2.81 bits per heavy atom. The summed E-state index contributed by atoms with van der Waals surface area (Å²) in [5.41, 5.74) is 0. The molecule has 3 nitrogen and oxygen atoms in total. The van der Waals surface area contributed by atoms with Crippen LogP contribution in [0.15, 0.2) is 0 Å². The van der Waals surface area contributed by atoms with Gasteiger partial charge in [0.25, 0.3) is 0 Å². The second kappa shape index (κ2) is 4.40. The normalized spacial score (nSPS) is 26.7. The van der Waals surface area contributed by atoms with Gasteiger partial charge in [-0.25, -0.2) is 0 Å². The van der Waals surface area contributed by atoms with E-state index in [-0.39, 0.29) is 0 Å². The monoisotopic (exact) mass is 237 g/mol. The Labute approximate surface area is 101 Å².